The van der Waals surface area contributed by atoms with Crippen molar-refractivity contribution in [2.75, 3.05) is 20.8 Å². The van der Waals surface area contributed by atoms with Gasteiger partial charge in [-0.15, -0.1) is 0 Å². The van der Waals surface area contributed by atoms with Crippen LogP contribution in [0.3, 0.4) is 0 Å². The first-order chi connectivity index (χ1) is 16.4. The molecule has 1 aliphatic heterocycles. The Morgan fingerprint density at radius 3 is 2.68 bits per heavy atom. The number of nitrogens with zero attached hydrogens (tertiary/aromatic N) is 2. The van der Waals surface area contributed by atoms with Crippen LogP contribution in [0.2, 0.25) is 0 Å². The predicted molar refractivity (Wildman–Crippen MR) is 128 cm³/mol. The van der Waals surface area contributed by atoms with Crippen molar-refractivity contribution in [3.05, 3.63) is 84.5 Å². The topological polar surface area (TPSA) is 99.4 Å². The quantitative estimate of drug-likeness (QED) is 0.545. The zero-order valence-electron chi connectivity index (χ0n) is 19.2. The Morgan fingerprint density at radius 1 is 1.21 bits per heavy atom. The van der Waals surface area contributed by atoms with Gasteiger partial charge in [0.2, 0.25) is 0 Å². The minimum Gasteiger partial charge on any atom is -0.508 e. The zero-order valence-corrected chi connectivity index (χ0v) is 20.0. The van der Waals surface area contributed by atoms with E-state index >= 15 is 0 Å². The first-order valence-corrected chi connectivity index (χ1v) is 11.4. The van der Waals surface area contributed by atoms with Crippen molar-refractivity contribution in [2.45, 2.75) is 19.9 Å². The highest BCUT2D eigenvalue weighted by molar-refractivity contribution is 7.07. The summed E-state index contributed by atoms with van der Waals surface area (Å²) in [5, 5.41) is 9.80. The SMILES string of the molecule is CCOC(=O)C1=C(C)N=c2s/c(=C\c3cccc(O)c3)c(=O)n2[C@H]1c1cc(OC)ccc1OC. The number of phenols is 1. The fourth-order valence-electron chi connectivity index (χ4n) is 3.90. The number of thiazole rings is 1. The number of benzene rings is 2. The van der Waals surface area contributed by atoms with Crippen LogP contribution in [-0.2, 0) is 9.53 Å². The first-order valence-electron chi connectivity index (χ1n) is 10.6. The van der Waals surface area contributed by atoms with E-state index in [4.69, 9.17) is 14.2 Å². The molecule has 2 aromatic carbocycles. The standard InChI is InChI=1S/C25H24N2O6S/c1-5-33-24(30)21-14(2)26-25-27(22(21)18-13-17(31-3)9-10-19(18)32-4)23(29)20(34-25)12-15-7-6-8-16(28)11-15/h6-13,22,28H,5H2,1-4H3/b20-12-/t22-/m0/s1. The molecule has 0 fully saturated rings. The van der Waals surface area contributed by atoms with E-state index in [1.807, 2.05) is 0 Å². The van der Waals surface area contributed by atoms with Crippen molar-refractivity contribution < 1.29 is 24.1 Å². The largest absolute Gasteiger partial charge is 0.508 e. The van der Waals surface area contributed by atoms with E-state index in [2.05, 4.69) is 4.99 Å². The summed E-state index contributed by atoms with van der Waals surface area (Å²) < 4.78 is 18.2. The molecule has 9 heteroatoms. The number of hydrogen-bond donors (Lipinski definition) is 1. The highest BCUT2D eigenvalue weighted by Gasteiger charge is 2.35. The summed E-state index contributed by atoms with van der Waals surface area (Å²) >= 11 is 1.20. The lowest BCUT2D eigenvalue weighted by molar-refractivity contribution is -0.139. The Kier molecular flexibility index (Phi) is 6.56. The molecule has 0 amide bonds. The Bertz CT molecular complexity index is 1470. The molecule has 4 rings (SSSR count). The van der Waals surface area contributed by atoms with E-state index in [1.165, 1.54) is 23.0 Å². The van der Waals surface area contributed by atoms with Gasteiger partial charge in [-0.1, -0.05) is 23.5 Å². The second-order valence-corrected chi connectivity index (χ2v) is 8.51. The van der Waals surface area contributed by atoms with Crippen molar-refractivity contribution in [1.29, 1.82) is 0 Å². The summed E-state index contributed by atoms with van der Waals surface area (Å²) in [6.07, 6.45) is 1.69. The average molecular weight is 481 g/mol. The molecule has 34 heavy (non-hydrogen) atoms. The molecular weight excluding hydrogens is 456 g/mol. The molecule has 0 aliphatic carbocycles. The summed E-state index contributed by atoms with van der Waals surface area (Å²) in [5.41, 5.74) is 1.63. The van der Waals surface area contributed by atoms with Gasteiger partial charge in [-0.2, -0.15) is 0 Å². The molecule has 1 aromatic heterocycles. The minimum absolute atomic E-state index is 0.0981. The van der Waals surface area contributed by atoms with Crippen LogP contribution in [-0.4, -0.2) is 36.5 Å². The number of aromatic nitrogens is 1. The van der Waals surface area contributed by atoms with Gasteiger partial charge in [0, 0.05) is 5.56 Å². The molecule has 8 nitrogen and oxygen atoms in total. The van der Waals surface area contributed by atoms with Crippen molar-refractivity contribution in [2.24, 2.45) is 4.99 Å². The summed E-state index contributed by atoms with van der Waals surface area (Å²) in [5.74, 6) is 0.585. The Hall–Kier alpha value is -3.85. The third kappa shape index (κ3) is 4.22. The summed E-state index contributed by atoms with van der Waals surface area (Å²) in [4.78, 5) is 31.7. The number of methoxy groups -OCH3 is 2. The van der Waals surface area contributed by atoms with Gasteiger partial charge in [0.1, 0.15) is 23.3 Å². The van der Waals surface area contributed by atoms with Gasteiger partial charge in [0.15, 0.2) is 4.80 Å². The van der Waals surface area contributed by atoms with Gasteiger partial charge in [0.25, 0.3) is 5.56 Å². The van der Waals surface area contributed by atoms with Crippen LogP contribution in [0.5, 0.6) is 17.2 Å². The number of ether oxygens (including phenoxy) is 3. The number of esters is 1. The van der Waals surface area contributed by atoms with E-state index in [0.717, 1.165) is 0 Å². The molecule has 0 bridgehead atoms. The molecule has 0 saturated heterocycles. The maximum absolute atomic E-state index is 13.6. The lowest BCUT2D eigenvalue weighted by atomic mass is 9.94. The van der Waals surface area contributed by atoms with Crippen molar-refractivity contribution >= 4 is 23.4 Å². The molecule has 0 saturated carbocycles. The molecule has 0 spiro atoms. The second kappa shape index (κ2) is 9.56. The zero-order chi connectivity index (χ0) is 24.4. The van der Waals surface area contributed by atoms with Crippen LogP contribution in [0.4, 0.5) is 0 Å². The summed E-state index contributed by atoms with van der Waals surface area (Å²) in [6, 6.07) is 11.0. The van der Waals surface area contributed by atoms with Gasteiger partial charge in [-0.3, -0.25) is 9.36 Å². The lowest BCUT2D eigenvalue weighted by Gasteiger charge is -2.26. The fraction of sp³-hybridized carbons (Fsp3) is 0.240. The number of phenolic OH excluding ortho intramolecular Hbond substituents is 1. The Labute approximate surface area is 199 Å². The van der Waals surface area contributed by atoms with Crippen LogP contribution in [0.1, 0.15) is 31.0 Å². The number of carbonyl (C=O) groups is 1. The van der Waals surface area contributed by atoms with Crippen LogP contribution >= 0.6 is 11.3 Å². The van der Waals surface area contributed by atoms with E-state index in [-0.39, 0.29) is 23.5 Å². The normalized spacial score (nSPS) is 15.5. The van der Waals surface area contributed by atoms with E-state index in [1.54, 1.807) is 69.5 Å². The molecule has 0 radical (unpaired) electrons. The molecule has 2 heterocycles. The molecule has 176 valence electrons. The van der Waals surface area contributed by atoms with Crippen LogP contribution in [0.25, 0.3) is 6.08 Å². The van der Waals surface area contributed by atoms with Crippen LogP contribution in [0, 0.1) is 0 Å². The number of carbonyl (C=O) groups excluding carboxylic acids is 1. The third-order valence-electron chi connectivity index (χ3n) is 5.42. The third-order valence-corrected chi connectivity index (χ3v) is 6.40. The maximum atomic E-state index is 13.6. The fourth-order valence-corrected chi connectivity index (χ4v) is 4.95. The molecule has 1 aliphatic rings. The Balaban J connectivity index is 2.02. The smallest absolute Gasteiger partial charge is 0.338 e. The van der Waals surface area contributed by atoms with E-state index in [9.17, 15) is 14.7 Å². The Morgan fingerprint density at radius 2 is 2.00 bits per heavy atom. The maximum Gasteiger partial charge on any atom is 0.338 e. The average Bonchev–Trinajstić information content (AvgIpc) is 3.12. The van der Waals surface area contributed by atoms with Gasteiger partial charge >= 0.3 is 5.97 Å². The number of allylic oxidation sites excluding steroid dienone is 1. The molecule has 3 aromatic rings. The number of hydrogen-bond acceptors (Lipinski definition) is 8. The van der Waals surface area contributed by atoms with Gasteiger partial charge in [0.05, 0.1) is 36.6 Å². The van der Waals surface area contributed by atoms with Crippen LogP contribution < -0.4 is 24.4 Å². The molecule has 0 unspecified atom stereocenters. The molecule has 1 atom stereocenters. The van der Waals surface area contributed by atoms with Gasteiger partial charge < -0.3 is 19.3 Å². The molecular formula is C25H24N2O6S. The number of aromatic hydroxyl groups is 1. The van der Waals surface area contributed by atoms with Gasteiger partial charge in [-0.25, -0.2) is 9.79 Å². The minimum atomic E-state index is -0.827. The van der Waals surface area contributed by atoms with Crippen molar-refractivity contribution in [3.8, 4) is 17.2 Å². The summed E-state index contributed by atoms with van der Waals surface area (Å²) in [7, 11) is 3.07. The van der Waals surface area contributed by atoms with Crippen molar-refractivity contribution in [1.82, 2.24) is 4.57 Å². The van der Waals surface area contributed by atoms with E-state index < -0.39 is 12.0 Å². The van der Waals surface area contributed by atoms with Gasteiger partial charge in [-0.05, 0) is 55.8 Å². The predicted octanol–water partition coefficient (Wildman–Crippen LogP) is 2.52. The van der Waals surface area contributed by atoms with E-state index in [0.29, 0.717) is 37.7 Å². The number of rotatable bonds is 6. The highest BCUT2D eigenvalue weighted by atomic mass is 32.1. The molecule has 1 N–H and O–H groups in total. The van der Waals surface area contributed by atoms with Crippen LogP contribution in [0.15, 0.2) is 63.5 Å². The van der Waals surface area contributed by atoms with Crippen molar-refractivity contribution in [3.63, 3.8) is 0 Å². The summed E-state index contributed by atoms with van der Waals surface area (Å²) in [6.45, 7) is 3.62. The lowest BCUT2D eigenvalue weighted by Crippen LogP contribution is -2.40. The first kappa shape index (κ1) is 23.3. The highest BCUT2D eigenvalue weighted by Crippen LogP contribution is 2.37. The number of fused-ring (bicyclic) bond motifs is 1. The monoisotopic (exact) mass is 480 g/mol. The second-order valence-electron chi connectivity index (χ2n) is 7.51.